The molecule has 2 atom stereocenters. The number of nitrogens with one attached hydrogen (secondary N) is 2. The van der Waals surface area contributed by atoms with Gasteiger partial charge >= 0.3 is 5.97 Å². The number of hydrogen-bond donors (Lipinski definition) is 2. The summed E-state index contributed by atoms with van der Waals surface area (Å²) in [5.74, 6) is -1.15. The van der Waals surface area contributed by atoms with E-state index >= 15 is 0 Å². The second-order valence-corrected chi connectivity index (χ2v) is 16.6. The highest BCUT2D eigenvalue weighted by molar-refractivity contribution is 14.1. The van der Waals surface area contributed by atoms with Crippen LogP contribution in [0.25, 0.3) is 0 Å². The second-order valence-electron chi connectivity index (χ2n) is 13.9. The molecule has 1 saturated heterocycles. The zero-order valence-electron chi connectivity index (χ0n) is 32.4. The predicted molar refractivity (Wildman–Crippen MR) is 245 cm³/mol. The first-order valence-electron chi connectivity index (χ1n) is 19.4. The lowest BCUT2D eigenvalue weighted by molar-refractivity contribution is -0.154. The number of oxime groups is 1. The molecule has 2 amide bonds. The number of hydrogen-bond acceptors (Lipinski definition) is 10. The molecule has 2 aliphatic heterocycles. The Balaban J connectivity index is 1.04. The van der Waals surface area contributed by atoms with Gasteiger partial charge in [0.2, 0.25) is 0 Å². The van der Waals surface area contributed by atoms with E-state index in [4.69, 9.17) is 14.6 Å². The fourth-order valence-corrected chi connectivity index (χ4v) is 10.5. The minimum absolute atomic E-state index is 0.0744. The van der Waals surface area contributed by atoms with Crippen LogP contribution in [0, 0.1) is 0 Å². The number of aromatic nitrogens is 1. The van der Waals surface area contributed by atoms with Crippen molar-refractivity contribution in [1.29, 1.82) is 0 Å². The van der Waals surface area contributed by atoms with E-state index in [0.717, 1.165) is 33.4 Å². The van der Waals surface area contributed by atoms with Gasteiger partial charge in [0, 0.05) is 15.6 Å². The van der Waals surface area contributed by atoms with Gasteiger partial charge in [0.1, 0.15) is 35.0 Å². The molecule has 2 aliphatic rings. The minimum atomic E-state index is -0.926. The molecular formula is C47H40IN5O5S2. The third kappa shape index (κ3) is 8.21. The predicted octanol–water partition coefficient (Wildman–Crippen LogP) is 8.71. The van der Waals surface area contributed by atoms with Gasteiger partial charge in [-0.15, -0.1) is 23.1 Å². The lowest BCUT2D eigenvalue weighted by Crippen LogP contribution is -2.71. The Morgan fingerprint density at radius 1 is 0.833 bits per heavy atom. The van der Waals surface area contributed by atoms with Crippen molar-refractivity contribution in [3.8, 4) is 0 Å². The summed E-state index contributed by atoms with van der Waals surface area (Å²) < 4.78 is 6.76. The summed E-state index contributed by atoms with van der Waals surface area (Å²) in [5, 5.41) is 12.6. The smallest absolute Gasteiger partial charge is 0.356 e. The summed E-state index contributed by atoms with van der Waals surface area (Å²) in [4.78, 5) is 54.1. The molecule has 60 heavy (non-hydrogen) atoms. The SMILES string of the molecule is CCON=C(C(=O)NC1C(=O)N2C(C(=O)OC(c3ccccc3)c3ccccc3)=C(CI)CS[C@@H]12)c1csc(NC(c2ccccc2)(c2ccccc2)c2ccccc2)n1. The van der Waals surface area contributed by atoms with E-state index in [0.29, 0.717) is 15.3 Å². The van der Waals surface area contributed by atoms with Gasteiger partial charge in [-0.05, 0) is 40.3 Å². The van der Waals surface area contributed by atoms with Crippen LogP contribution in [0.5, 0.6) is 0 Å². The molecule has 8 rings (SSSR count). The van der Waals surface area contributed by atoms with Crippen LogP contribution in [0.15, 0.2) is 173 Å². The molecule has 5 aromatic carbocycles. The average molecular weight is 946 g/mol. The fraction of sp³-hybridized carbons (Fsp3) is 0.170. The van der Waals surface area contributed by atoms with Crippen LogP contribution >= 0.6 is 45.7 Å². The maximum Gasteiger partial charge on any atom is 0.356 e. The maximum atomic E-state index is 14.2. The van der Waals surface area contributed by atoms with Gasteiger partial charge in [0.25, 0.3) is 11.8 Å². The molecule has 2 N–H and O–H groups in total. The van der Waals surface area contributed by atoms with Gasteiger partial charge in [0.15, 0.2) is 16.9 Å². The van der Waals surface area contributed by atoms with Crippen LogP contribution in [-0.4, -0.2) is 61.6 Å². The highest BCUT2D eigenvalue weighted by atomic mass is 127. The highest BCUT2D eigenvalue weighted by Gasteiger charge is 2.55. The van der Waals surface area contributed by atoms with Crippen molar-refractivity contribution in [2.45, 2.75) is 30.0 Å². The number of ether oxygens (including phenoxy) is 1. The number of thiazole rings is 1. The molecular weight excluding hydrogens is 906 g/mol. The van der Waals surface area contributed by atoms with Crippen LogP contribution in [0.4, 0.5) is 5.13 Å². The topological polar surface area (TPSA) is 122 Å². The number of nitrogens with zero attached hydrogens (tertiary/aromatic N) is 3. The number of esters is 1. The lowest BCUT2D eigenvalue weighted by Gasteiger charge is -2.49. The van der Waals surface area contributed by atoms with Crippen molar-refractivity contribution in [3.63, 3.8) is 0 Å². The molecule has 1 unspecified atom stereocenters. The van der Waals surface area contributed by atoms with E-state index in [9.17, 15) is 14.4 Å². The van der Waals surface area contributed by atoms with Crippen LogP contribution in [0.1, 0.15) is 46.5 Å². The summed E-state index contributed by atoms with van der Waals surface area (Å²) in [5.41, 5.74) is 4.98. The molecule has 3 heterocycles. The van der Waals surface area contributed by atoms with E-state index in [-0.39, 0.29) is 23.7 Å². The van der Waals surface area contributed by atoms with Crippen molar-refractivity contribution in [2.75, 3.05) is 22.1 Å². The Morgan fingerprint density at radius 2 is 1.35 bits per heavy atom. The van der Waals surface area contributed by atoms with E-state index in [1.807, 2.05) is 115 Å². The van der Waals surface area contributed by atoms with Gasteiger partial charge in [-0.25, -0.2) is 9.78 Å². The summed E-state index contributed by atoms with van der Waals surface area (Å²) in [6, 6.07) is 48.6. The molecule has 0 radical (unpaired) electrons. The zero-order valence-corrected chi connectivity index (χ0v) is 36.2. The van der Waals surface area contributed by atoms with Crippen LogP contribution in [-0.2, 0) is 29.5 Å². The third-order valence-electron chi connectivity index (χ3n) is 10.3. The van der Waals surface area contributed by atoms with E-state index in [1.54, 1.807) is 12.3 Å². The van der Waals surface area contributed by atoms with Crippen molar-refractivity contribution in [3.05, 3.63) is 202 Å². The van der Waals surface area contributed by atoms with Gasteiger partial charge < -0.3 is 20.2 Å². The maximum absolute atomic E-state index is 14.2. The molecule has 0 bridgehead atoms. The standard InChI is InChI=1S/C47H40IN5O5S2/c1-2-57-52-38(37-30-60-46(49-37)51-47(34-22-12-5-13-23-34,35-24-14-6-15-25-35)36-26-16-7-17-27-36)42(54)50-39-43(55)53-40(33(28-48)29-59-44(39)53)45(56)58-41(31-18-8-3-9-19-31)32-20-10-4-11-21-32/h3-27,30,39,41,44H,2,28-29H2,1H3,(H,49,51)(H,50,54)/t39?,44-/m0/s1. The molecule has 1 aromatic heterocycles. The minimum Gasteiger partial charge on any atom is -0.448 e. The Morgan fingerprint density at radius 3 is 1.85 bits per heavy atom. The molecule has 13 heteroatoms. The number of alkyl halides is 1. The van der Waals surface area contributed by atoms with Crippen molar-refractivity contribution in [1.82, 2.24) is 15.2 Å². The number of thioether (sulfide) groups is 1. The molecule has 0 saturated carbocycles. The summed E-state index contributed by atoms with van der Waals surface area (Å²) in [6.07, 6.45) is -0.684. The van der Waals surface area contributed by atoms with E-state index < -0.39 is 40.8 Å². The monoisotopic (exact) mass is 945 g/mol. The quantitative estimate of drug-likeness (QED) is 0.0200. The Bertz CT molecular complexity index is 2370. The Hall–Kier alpha value is -5.77. The number of fused-ring (bicyclic) bond motifs is 1. The number of amides is 2. The Kier molecular flexibility index (Phi) is 12.7. The van der Waals surface area contributed by atoms with Gasteiger partial charge in [-0.1, -0.05) is 179 Å². The molecule has 0 spiro atoms. The molecule has 0 aliphatic carbocycles. The lowest BCUT2D eigenvalue weighted by atomic mass is 9.77. The summed E-state index contributed by atoms with van der Waals surface area (Å²) in [7, 11) is 0. The number of β-lactam (4-membered cyclic amide) rings is 1. The van der Waals surface area contributed by atoms with Crippen molar-refractivity contribution >= 4 is 74.3 Å². The van der Waals surface area contributed by atoms with Crippen molar-refractivity contribution < 1.29 is 24.0 Å². The number of halogens is 1. The molecule has 6 aromatic rings. The molecule has 1 fully saturated rings. The highest BCUT2D eigenvalue weighted by Crippen LogP contribution is 2.43. The van der Waals surface area contributed by atoms with E-state index in [2.05, 4.69) is 74.8 Å². The third-order valence-corrected chi connectivity index (χ3v) is 13.3. The first-order valence-corrected chi connectivity index (χ1v) is 22.8. The second kappa shape index (κ2) is 18.7. The largest absolute Gasteiger partial charge is 0.448 e. The zero-order chi connectivity index (χ0) is 41.5. The van der Waals surface area contributed by atoms with Crippen molar-refractivity contribution in [2.24, 2.45) is 5.16 Å². The summed E-state index contributed by atoms with van der Waals surface area (Å²) in [6.45, 7) is 1.98. The molecule has 10 nitrogen and oxygen atoms in total. The van der Waals surface area contributed by atoms with E-state index in [1.165, 1.54) is 28.0 Å². The van der Waals surface area contributed by atoms with Gasteiger partial charge in [-0.2, -0.15) is 0 Å². The summed E-state index contributed by atoms with van der Waals surface area (Å²) >= 11 is 5.02. The molecule has 302 valence electrons. The fourth-order valence-electron chi connectivity index (χ4n) is 7.45. The van der Waals surface area contributed by atoms with Crippen LogP contribution < -0.4 is 10.6 Å². The number of benzene rings is 5. The normalized spacial score (nSPS) is 16.5. The number of carbonyl (C=O) groups is 3. The first kappa shape index (κ1) is 41.0. The number of anilines is 1. The van der Waals surface area contributed by atoms with Gasteiger partial charge in [0.05, 0.1) is 0 Å². The van der Waals surface area contributed by atoms with Gasteiger partial charge in [-0.3, -0.25) is 14.5 Å². The average Bonchev–Trinajstić information content (AvgIpc) is 3.77. The van der Waals surface area contributed by atoms with Crippen LogP contribution in [0.2, 0.25) is 0 Å². The van der Waals surface area contributed by atoms with Crippen LogP contribution in [0.3, 0.4) is 0 Å². The Labute approximate surface area is 370 Å². The first-order chi connectivity index (χ1) is 29.4. The number of rotatable bonds is 15. The number of carbonyl (C=O) groups excluding carboxylic acids is 3.